The molecule has 1 heterocycles. The third kappa shape index (κ3) is 6.23. The molecule has 1 amide bonds. The van der Waals surface area contributed by atoms with Crippen LogP contribution in [0.25, 0.3) is 0 Å². The highest BCUT2D eigenvalue weighted by Crippen LogP contribution is 2.24. The number of amides is 1. The molecule has 0 unspecified atom stereocenters. The highest BCUT2D eigenvalue weighted by atomic mass is 19.4. The van der Waals surface area contributed by atoms with E-state index in [4.69, 9.17) is 0 Å². The minimum atomic E-state index is -4.70. The van der Waals surface area contributed by atoms with Gasteiger partial charge in [-0.05, 0) is 61.2 Å². The second-order valence-electron chi connectivity index (χ2n) is 7.20. The van der Waals surface area contributed by atoms with Crippen LogP contribution < -0.4 is 15.0 Å². The van der Waals surface area contributed by atoms with Crippen LogP contribution in [0.3, 0.4) is 0 Å². The maximum atomic E-state index is 12.4. The van der Waals surface area contributed by atoms with Gasteiger partial charge in [-0.1, -0.05) is 12.1 Å². The number of hydrogen-bond donors (Lipinski definition) is 1. The normalized spacial score (nSPS) is 15.0. The van der Waals surface area contributed by atoms with Crippen LogP contribution in [0.1, 0.15) is 28.8 Å². The van der Waals surface area contributed by atoms with E-state index in [0.29, 0.717) is 18.5 Å². The molecule has 0 saturated carbocycles. The molecule has 0 spiro atoms. The first-order valence-corrected chi connectivity index (χ1v) is 9.76. The number of halogens is 3. The van der Waals surface area contributed by atoms with Gasteiger partial charge in [0.2, 0.25) is 5.91 Å². The second kappa shape index (κ2) is 9.65. The lowest BCUT2D eigenvalue weighted by atomic mass is 9.95. The largest absolute Gasteiger partial charge is 0.573 e. The van der Waals surface area contributed by atoms with Crippen molar-refractivity contribution in [1.82, 2.24) is 5.32 Å². The maximum absolute atomic E-state index is 12.4. The Labute approximate surface area is 172 Å². The van der Waals surface area contributed by atoms with Crippen molar-refractivity contribution in [3.63, 3.8) is 0 Å². The molecular formula is C22H23F3N2O3. The number of piperidine rings is 1. The van der Waals surface area contributed by atoms with E-state index < -0.39 is 6.36 Å². The highest BCUT2D eigenvalue weighted by Gasteiger charge is 2.31. The Morgan fingerprint density at radius 3 is 2.27 bits per heavy atom. The average Bonchev–Trinajstić information content (AvgIpc) is 2.74. The molecule has 0 aromatic heterocycles. The Hall–Kier alpha value is -3.03. The molecule has 1 aliphatic heterocycles. The Bertz CT molecular complexity index is 843. The molecule has 1 aliphatic rings. The van der Waals surface area contributed by atoms with Crippen molar-refractivity contribution in [2.45, 2.75) is 25.6 Å². The molecule has 5 nitrogen and oxygen atoms in total. The summed E-state index contributed by atoms with van der Waals surface area (Å²) in [6, 6.07) is 13.0. The molecule has 160 valence electrons. The van der Waals surface area contributed by atoms with Crippen molar-refractivity contribution in [2.75, 3.05) is 24.5 Å². The summed E-state index contributed by atoms with van der Waals surface area (Å²) in [5.41, 5.74) is 2.49. The predicted molar refractivity (Wildman–Crippen MR) is 107 cm³/mol. The fourth-order valence-corrected chi connectivity index (χ4v) is 3.50. The summed E-state index contributed by atoms with van der Waals surface area (Å²) in [6.07, 6.45) is -1.88. The molecular weight excluding hydrogens is 397 g/mol. The predicted octanol–water partition coefficient (Wildman–Crippen LogP) is 3.97. The molecule has 2 aromatic carbocycles. The zero-order chi connectivity index (χ0) is 21.6. The lowest BCUT2D eigenvalue weighted by Gasteiger charge is -2.33. The Kier molecular flexibility index (Phi) is 6.97. The van der Waals surface area contributed by atoms with Crippen molar-refractivity contribution in [3.05, 3.63) is 59.7 Å². The van der Waals surface area contributed by atoms with Gasteiger partial charge in [0.1, 0.15) is 12.0 Å². The lowest BCUT2D eigenvalue weighted by molar-refractivity contribution is -0.274. The van der Waals surface area contributed by atoms with Gasteiger partial charge < -0.3 is 15.0 Å². The average molecular weight is 420 g/mol. The van der Waals surface area contributed by atoms with Crippen LogP contribution >= 0.6 is 0 Å². The first-order valence-electron chi connectivity index (χ1n) is 9.76. The van der Waals surface area contributed by atoms with Gasteiger partial charge in [-0.15, -0.1) is 13.2 Å². The first kappa shape index (κ1) is 21.7. The highest BCUT2D eigenvalue weighted by molar-refractivity contribution is 5.79. The second-order valence-corrected chi connectivity index (χ2v) is 7.20. The Morgan fingerprint density at radius 2 is 1.70 bits per heavy atom. The van der Waals surface area contributed by atoms with Gasteiger partial charge in [-0.25, -0.2) is 0 Å². The molecule has 3 rings (SSSR count). The van der Waals surface area contributed by atoms with Gasteiger partial charge in [0.25, 0.3) is 0 Å². The summed E-state index contributed by atoms with van der Waals surface area (Å²) in [5.74, 6) is -0.316. The SMILES string of the molecule is O=Cc1ccc(N2CCC(C(=O)NCCc3ccc(OC(F)(F)F)cc3)CC2)cc1. The standard InChI is InChI=1S/C22H23F3N2O3/c23-22(24,25)30-20-7-3-16(4-8-20)9-12-26-21(29)18-10-13-27(14-11-18)19-5-1-17(15-28)2-6-19/h1-8,15,18H,9-14H2,(H,26,29). The molecule has 0 bridgehead atoms. The summed E-state index contributed by atoms with van der Waals surface area (Å²) in [4.78, 5) is 25.4. The number of benzene rings is 2. The molecule has 1 saturated heterocycles. The van der Waals surface area contributed by atoms with Crippen molar-refractivity contribution in [2.24, 2.45) is 5.92 Å². The lowest BCUT2D eigenvalue weighted by Crippen LogP contribution is -2.41. The van der Waals surface area contributed by atoms with E-state index in [-0.39, 0.29) is 17.6 Å². The van der Waals surface area contributed by atoms with E-state index >= 15 is 0 Å². The Balaban J connectivity index is 1.40. The van der Waals surface area contributed by atoms with Crippen LogP contribution in [0.4, 0.5) is 18.9 Å². The number of alkyl halides is 3. The van der Waals surface area contributed by atoms with Crippen LogP contribution in [0, 0.1) is 5.92 Å². The topological polar surface area (TPSA) is 58.6 Å². The van der Waals surface area contributed by atoms with Gasteiger partial charge in [0.15, 0.2) is 0 Å². The number of nitrogens with one attached hydrogen (secondary N) is 1. The van der Waals surface area contributed by atoms with E-state index in [9.17, 15) is 22.8 Å². The van der Waals surface area contributed by atoms with E-state index in [0.717, 1.165) is 43.5 Å². The molecule has 0 radical (unpaired) electrons. The van der Waals surface area contributed by atoms with Crippen molar-refractivity contribution in [1.29, 1.82) is 0 Å². The van der Waals surface area contributed by atoms with Gasteiger partial charge in [0, 0.05) is 36.8 Å². The number of aldehydes is 1. The van der Waals surface area contributed by atoms with Crippen LogP contribution in [-0.4, -0.2) is 38.2 Å². The van der Waals surface area contributed by atoms with Gasteiger partial charge in [0.05, 0.1) is 0 Å². The zero-order valence-corrected chi connectivity index (χ0v) is 16.3. The quantitative estimate of drug-likeness (QED) is 0.689. The minimum absolute atomic E-state index is 0.00276. The summed E-state index contributed by atoms with van der Waals surface area (Å²) < 4.78 is 40.4. The van der Waals surface area contributed by atoms with Crippen LogP contribution in [0.2, 0.25) is 0 Å². The zero-order valence-electron chi connectivity index (χ0n) is 16.3. The molecule has 0 atom stereocenters. The minimum Gasteiger partial charge on any atom is -0.406 e. The van der Waals surface area contributed by atoms with E-state index in [2.05, 4.69) is 15.0 Å². The summed E-state index contributed by atoms with van der Waals surface area (Å²) in [7, 11) is 0. The van der Waals surface area contributed by atoms with Crippen molar-refractivity contribution < 1.29 is 27.5 Å². The smallest absolute Gasteiger partial charge is 0.406 e. The van der Waals surface area contributed by atoms with Crippen molar-refractivity contribution in [3.8, 4) is 5.75 Å². The Morgan fingerprint density at radius 1 is 1.07 bits per heavy atom. The third-order valence-electron chi connectivity index (χ3n) is 5.13. The van der Waals surface area contributed by atoms with Crippen LogP contribution in [-0.2, 0) is 11.2 Å². The number of nitrogens with zero attached hydrogens (tertiary/aromatic N) is 1. The molecule has 1 N–H and O–H groups in total. The summed E-state index contributed by atoms with van der Waals surface area (Å²) in [6.45, 7) is 1.95. The number of rotatable bonds is 7. The molecule has 2 aromatic rings. The summed E-state index contributed by atoms with van der Waals surface area (Å²) >= 11 is 0. The number of carbonyl (C=O) groups excluding carboxylic acids is 2. The summed E-state index contributed by atoms with van der Waals surface area (Å²) in [5, 5.41) is 2.92. The fraction of sp³-hybridized carbons (Fsp3) is 0.364. The van der Waals surface area contributed by atoms with E-state index in [1.165, 1.54) is 12.1 Å². The van der Waals surface area contributed by atoms with Gasteiger partial charge in [-0.2, -0.15) is 0 Å². The van der Waals surface area contributed by atoms with E-state index in [1.807, 2.05) is 12.1 Å². The van der Waals surface area contributed by atoms with Gasteiger partial charge >= 0.3 is 6.36 Å². The first-order chi connectivity index (χ1) is 14.3. The van der Waals surface area contributed by atoms with E-state index in [1.54, 1.807) is 24.3 Å². The number of hydrogen-bond acceptors (Lipinski definition) is 4. The fourth-order valence-electron chi connectivity index (χ4n) is 3.50. The number of ether oxygens (including phenoxy) is 1. The maximum Gasteiger partial charge on any atom is 0.573 e. The molecule has 8 heteroatoms. The van der Waals surface area contributed by atoms with Crippen LogP contribution in [0.15, 0.2) is 48.5 Å². The molecule has 30 heavy (non-hydrogen) atoms. The number of carbonyl (C=O) groups is 2. The molecule has 1 fully saturated rings. The molecule has 0 aliphatic carbocycles. The third-order valence-corrected chi connectivity index (χ3v) is 5.13. The van der Waals surface area contributed by atoms with Crippen LogP contribution in [0.5, 0.6) is 5.75 Å². The monoisotopic (exact) mass is 420 g/mol. The van der Waals surface area contributed by atoms with Gasteiger partial charge in [-0.3, -0.25) is 9.59 Å². The number of anilines is 1. The van der Waals surface area contributed by atoms with Crippen molar-refractivity contribution >= 4 is 17.9 Å².